The topological polar surface area (TPSA) is 61.9 Å². The lowest BCUT2D eigenvalue weighted by atomic mass is 10.0. The summed E-state index contributed by atoms with van der Waals surface area (Å²) >= 11 is 13.2. The van der Waals surface area contributed by atoms with Crippen molar-refractivity contribution in [1.29, 1.82) is 0 Å². The summed E-state index contributed by atoms with van der Waals surface area (Å²) in [4.78, 5) is 29.2. The highest BCUT2D eigenvalue weighted by Gasteiger charge is 2.32. The van der Waals surface area contributed by atoms with Gasteiger partial charge in [0.1, 0.15) is 6.04 Å². The van der Waals surface area contributed by atoms with Gasteiger partial charge in [-0.25, -0.2) is 4.79 Å². The van der Waals surface area contributed by atoms with Gasteiger partial charge in [0.25, 0.3) is 0 Å². The number of nitrogens with zero attached hydrogens (tertiary/aromatic N) is 2. The Morgan fingerprint density at radius 1 is 1.00 bits per heavy atom. The predicted octanol–water partition coefficient (Wildman–Crippen LogP) is 5.40. The molecule has 33 heavy (non-hydrogen) atoms. The molecule has 0 spiro atoms. The second kappa shape index (κ2) is 11.7. The highest BCUT2D eigenvalue weighted by atomic mass is 35.5. The molecule has 1 N–H and O–H groups in total. The molecule has 0 radical (unpaired) electrons. The van der Waals surface area contributed by atoms with E-state index < -0.39 is 6.04 Å². The fourth-order valence-corrected chi connectivity index (χ4v) is 5.02. The van der Waals surface area contributed by atoms with Crippen LogP contribution in [0.25, 0.3) is 0 Å². The average molecular weight is 492 g/mol. The van der Waals surface area contributed by atoms with Crippen molar-refractivity contribution < 1.29 is 14.3 Å². The molecule has 178 valence electrons. The van der Waals surface area contributed by atoms with Crippen LogP contribution < -0.4 is 10.2 Å². The zero-order valence-corrected chi connectivity index (χ0v) is 20.8. The van der Waals surface area contributed by atoms with Crippen LogP contribution >= 0.6 is 23.2 Å². The second-order valence-electron chi connectivity index (χ2n) is 8.15. The first-order valence-corrected chi connectivity index (χ1v) is 12.1. The Hall–Kier alpha value is -2.28. The number of anilines is 2. The Kier molecular flexibility index (Phi) is 9.01. The number of halogens is 2. The van der Waals surface area contributed by atoms with E-state index >= 15 is 0 Å². The molecule has 2 aromatic rings. The summed E-state index contributed by atoms with van der Waals surface area (Å²) in [7, 11) is 1.41. The van der Waals surface area contributed by atoms with E-state index in [0.29, 0.717) is 41.9 Å². The van der Waals surface area contributed by atoms with Crippen molar-refractivity contribution in [2.75, 3.05) is 43.5 Å². The summed E-state index contributed by atoms with van der Waals surface area (Å²) in [5.74, 6) is -0.339. The second-order valence-corrected chi connectivity index (χ2v) is 8.96. The monoisotopic (exact) mass is 491 g/mol. The van der Waals surface area contributed by atoms with Crippen molar-refractivity contribution in [3.05, 3.63) is 58.1 Å². The van der Waals surface area contributed by atoms with Crippen molar-refractivity contribution in [2.45, 2.75) is 32.7 Å². The number of ether oxygens (including phenoxy) is 1. The summed E-state index contributed by atoms with van der Waals surface area (Å²) in [5, 5.41) is 3.91. The molecule has 2 aromatic carbocycles. The van der Waals surface area contributed by atoms with Gasteiger partial charge in [-0.05, 0) is 30.5 Å². The lowest BCUT2D eigenvalue weighted by molar-refractivity contribution is -0.147. The molecule has 0 aliphatic carbocycles. The van der Waals surface area contributed by atoms with E-state index in [-0.39, 0.29) is 17.8 Å². The van der Waals surface area contributed by atoms with Crippen LogP contribution in [0.5, 0.6) is 0 Å². The third kappa shape index (κ3) is 5.99. The summed E-state index contributed by atoms with van der Waals surface area (Å²) in [6, 6.07) is 12.7. The van der Waals surface area contributed by atoms with Gasteiger partial charge in [0.05, 0.1) is 22.8 Å². The highest BCUT2D eigenvalue weighted by Crippen LogP contribution is 2.38. The van der Waals surface area contributed by atoms with Crippen molar-refractivity contribution >= 4 is 46.5 Å². The Bertz CT molecular complexity index is 936. The zero-order chi connectivity index (χ0) is 24.0. The first kappa shape index (κ1) is 25.3. The number of nitrogens with one attached hydrogen (secondary N) is 1. The number of amides is 1. The molecule has 1 aliphatic rings. The lowest BCUT2D eigenvalue weighted by Crippen LogP contribution is -2.49. The third-order valence-electron chi connectivity index (χ3n) is 6.18. The van der Waals surface area contributed by atoms with Gasteiger partial charge in [-0.3, -0.25) is 9.69 Å². The molecular formula is C25H31Cl2N3O3. The normalized spacial score (nSPS) is 15.4. The number of hydrogen-bond donors (Lipinski definition) is 1. The largest absolute Gasteiger partial charge is 0.468 e. The van der Waals surface area contributed by atoms with Gasteiger partial charge in [0.15, 0.2) is 0 Å². The first-order valence-electron chi connectivity index (χ1n) is 11.3. The smallest absolute Gasteiger partial charge is 0.327 e. The molecule has 1 heterocycles. The summed E-state index contributed by atoms with van der Waals surface area (Å²) in [6.45, 7) is 6.60. The molecule has 6 nitrogen and oxygen atoms in total. The molecule has 8 heteroatoms. The van der Waals surface area contributed by atoms with E-state index in [1.807, 2.05) is 44.2 Å². The van der Waals surface area contributed by atoms with Crippen molar-refractivity contribution in [3.8, 4) is 0 Å². The number of carbonyl (C=O) groups is 2. The summed E-state index contributed by atoms with van der Waals surface area (Å²) in [6.07, 6.45) is 1.56. The van der Waals surface area contributed by atoms with Crippen LogP contribution in [0.2, 0.25) is 10.0 Å². The van der Waals surface area contributed by atoms with Crippen LogP contribution in [0, 0.1) is 5.92 Å². The van der Waals surface area contributed by atoms with Gasteiger partial charge >= 0.3 is 5.97 Å². The predicted molar refractivity (Wildman–Crippen MR) is 134 cm³/mol. The minimum absolute atomic E-state index is 0.0248. The Morgan fingerprint density at radius 2 is 1.58 bits per heavy atom. The minimum Gasteiger partial charge on any atom is -0.468 e. The van der Waals surface area contributed by atoms with Gasteiger partial charge in [-0.1, -0.05) is 67.4 Å². The number of benzene rings is 2. The van der Waals surface area contributed by atoms with E-state index in [9.17, 15) is 9.59 Å². The fraction of sp³-hybridized carbons (Fsp3) is 0.440. The van der Waals surface area contributed by atoms with Crippen molar-refractivity contribution in [1.82, 2.24) is 4.90 Å². The van der Waals surface area contributed by atoms with E-state index in [0.717, 1.165) is 24.1 Å². The molecule has 1 atom stereocenters. The first-order chi connectivity index (χ1) is 15.9. The van der Waals surface area contributed by atoms with Crippen LogP contribution in [0.3, 0.4) is 0 Å². The van der Waals surface area contributed by atoms with E-state index in [2.05, 4.69) is 15.1 Å². The van der Waals surface area contributed by atoms with Gasteiger partial charge < -0.3 is 15.0 Å². The number of hydrogen-bond acceptors (Lipinski definition) is 5. The Balaban J connectivity index is 1.72. The van der Waals surface area contributed by atoms with E-state index in [4.69, 9.17) is 27.9 Å². The molecule has 0 saturated carbocycles. The number of esters is 1. The lowest BCUT2D eigenvalue weighted by Gasteiger charge is -2.39. The van der Waals surface area contributed by atoms with Gasteiger partial charge in [0.2, 0.25) is 5.91 Å². The SMILES string of the molecule is CCC(CC)C(=O)Nc1cc(Cl)c(N2CCN(C(C(=O)OC)c3ccccc3)CC2)c(Cl)c1. The van der Waals surface area contributed by atoms with Crippen molar-refractivity contribution in [3.63, 3.8) is 0 Å². The molecular weight excluding hydrogens is 461 g/mol. The van der Waals surface area contributed by atoms with Crippen LogP contribution in [0.15, 0.2) is 42.5 Å². The van der Waals surface area contributed by atoms with Crippen LogP contribution in [-0.2, 0) is 14.3 Å². The maximum Gasteiger partial charge on any atom is 0.327 e. The van der Waals surface area contributed by atoms with Gasteiger partial charge in [-0.15, -0.1) is 0 Å². The zero-order valence-electron chi connectivity index (χ0n) is 19.3. The van der Waals surface area contributed by atoms with Crippen LogP contribution in [-0.4, -0.2) is 50.1 Å². The average Bonchev–Trinajstić information content (AvgIpc) is 2.81. The van der Waals surface area contributed by atoms with Gasteiger partial charge in [-0.2, -0.15) is 0 Å². The Morgan fingerprint density at radius 3 is 2.09 bits per heavy atom. The quantitative estimate of drug-likeness (QED) is 0.500. The molecule has 1 aliphatic heterocycles. The highest BCUT2D eigenvalue weighted by molar-refractivity contribution is 6.39. The third-order valence-corrected chi connectivity index (χ3v) is 6.75. The molecule has 1 amide bonds. The number of carbonyl (C=O) groups excluding carboxylic acids is 2. The van der Waals surface area contributed by atoms with Gasteiger partial charge in [0, 0.05) is 37.8 Å². The number of rotatable bonds is 8. The minimum atomic E-state index is -0.452. The molecule has 1 saturated heterocycles. The standard InChI is InChI=1S/C25H31Cl2N3O3/c1-4-17(5-2)24(31)28-19-15-20(26)23(21(27)16-19)30-13-11-29(12-14-30)22(25(32)33-3)18-9-7-6-8-10-18/h6-10,15-17,22H,4-5,11-14H2,1-3H3,(H,28,31). The molecule has 3 rings (SSSR count). The van der Waals surface area contributed by atoms with E-state index in [1.165, 1.54) is 7.11 Å². The fourth-order valence-electron chi connectivity index (χ4n) is 4.29. The summed E-state index contributed by atoms with van der Waals surface area (Å²) in [5.41, 5.74) is 2.25. The molecule has 0 bridgehead atoms. The number of piperazine rings is 1. The maximum absolute atomic E-state index is 12.5. The maximum atomic E-state index is 12.5. The van der Waals surface area contributed by atoms with Crippen LogP contribution in [0.1, 0.15) is 38.3 Å². The Labute approximate surface area is 205 Å². The van der Waals surface area contributed by atoms with E-state index in [1.54, 1.807) is 12.1 Å². The van der Waals surface area contributed by atoms with Crippen molar-refractivity contribution in [2.24, 2.45) is 5.92 Å². The van der Waals surface area contributed by atoms with Crippen LogP contribution in [0.4, 0.5) is 11.4 Å². The summed E-state index contributed by atoms with van der Waals surface area (Å²) < 4.78 is 5.08. The molecule has 1 fully saturated rings. The number of methoxy groups -OCH3 is 1. The molecule has 0 aromatic heterocycles. The molecule has 1 unspecified atom stereocenters.